The second kappa shape index (κ2) is 7.23. The maximum Gasteiger partial charge on any atom is 0.229 e. The molecule has 1 amide bonds. The normalized spacial score (nSPS) is 25.1. The second-order valence-electron chi connectivity index (χ2n) is 7.35. The van der Waals surface area contributed by atoms with Gasteiger partial charge in [0.05, 0.1) is 6.54 Å². The lowest BCUT2D eigenvalue weighted by Gasteiger charge is -2.36. The molecule has 2 saturated carbocycles. The average Bonchev–Trinajstić information content (AvgIpc) is 3.03. The number of imidazole rings is 1. The number of Topliss-reactive ketones (excluding diaryl/α,β-unsaturated/α-hetero) is 1. The fourth-order valence-corrected chi connectivity index (χ4v) is 4.47. The van der Waals surface area contributed by atoms with Gasteiger partial charge in [0, 0.05) is 35.2 Å². The summed E-state index contributed by atoms with van der Waals surface area (Å²) in [5, 5.41) is 3.65. The van der Waals surface area contributed by atoms with E-state index in [0.717, 1.165) is 24.8 Å². The summed E-state index contributed by atoms with van der Waals surface area (Å²) in [4.78, 5) is 29.3. The van der Waals surface area contributed by atoms with E-state index in [1.165, 1.54) is 0 Å². The van der Waals surface area contributed by atoms with Gasteiger partial charge in [-0.2, -0.15) is 0 Å². The molecular formula is C20H22ClN3O2. The van der Waals surface area contributed by atoms with Gasteiger partial charge in [-0.25, -0.2) is 4.98 Å². The zero-order valence-corrected chi connectivity index (χ0v) is 15.3. The first-order chi connectivity index (χ1) is 12.6. The number of nitrogens with zero attached hydrogens (tertiary/aromatic N) is 2. The number of halogens is 1. The highest BCUT2D eigenvalue weighted by Gasteiger charge is 2.41. The maximum atomic E-state index is 12.8. The van der Waals surface area contributed by atoms with Gasteiger partial charge in [-0.05, 0) is 37.3 Å². The third-order valence-electron chi connectivity index (χ3n) is 5.67. The molecular weight excluding hydrogens is 350 g/mol. The molecule has 5 nitrogen and oxygen atoms in total. The molecule has 2 aliphatic carbocycles. The van der Waals surface area contributed by atoms with Crippen molar-refractivity contribution >= 4 is 29.2 Å². The quantitative estimate of drug-likeness (QED) is 0.885. The summed E-state index contributed by atoms with van der Waals surface area (Å²) in [6, 6.07) is 7.64. The maximum absolute atomic E-state index is 12.8. The van der Waals surface area contributed by atoms with Gasteiger partial charge in [-0.3, -0.25) is 14.9 Å². The molecule has 0 radical (unpaired) electrons. The van der Waals surface area contributed by atoms with E-state index >= 15 is 0 Å². The van der Waals surface area contributed by atoms with Gasteiger partial charge in [0.25, 0.3) is 0 Å². The van der Waals surface area contributed by atoms with Crippen LogP contribution in [0.4, 0.5) is 5.95 Å². The molecule has 0 spiro atoms. The molecule has 2 aromatic rings. The Morgan fingerprint density at radius 3 is 2.69 bits per heavy atom. The van der Waals surface area contributed by atoms with Crippen LogP contribution in [0.1, 0.15) is 37.7 Å². The van der Waals surface area contributed by atoms with Crippen LogP contribution in [0.3, 0.4) is 0 Å². The van der Waals surface area contributed by atoms with E-state index in [9.17, 15) is 9.59 Å². The molecule has 1 unspecified atom stereocenters. The number of aromatic nitrogens is 2. The number of carbonyl (C=O) groups is 2. The fraction of sp³-hybridized carbons (Fsp3) is 0.450. The minimum absolute atomic E-state index is 0.0268. The van der Waals surface area contributed by atoms with E-state index in [0.29, 0.717) is 36.1 Å². The van der Waals surface area contributed by atoms with Crippen LogP contribution < -0.4 is 5.32 Å². The van der Waals surface area contributed by atoms with Crippen LogP contribution in [0.15, 0.2) is 36.7 Å². The van der Waals surface area contributed by atoms with Crippen molar-refractivity contribution in [2.45, 2.75) is 38.6 Å². The van der Waals surface area contributed by atoms with Gasteiger partial charge >= 0.3 is 0 Å². The number of nitrogens with one attached hydrogen (secondary N) is 1. The molecule has 4 rings (SSSR count). The lowest BCUT2D eigenvalue weighted by Crippen LogP contribution is -2.40. The molecule has 3 atom stereocenters. The van der Waals surface area contributed by atoms with Crippen LogP contribution in [0.2, 0.25) is 5.02 Å². The van der Waals surface area contributed by atoms with Crippen LogP contribution in [-0.2, 0) is 16.1 Å². The zero-order chi connectivity index (χ0) is 18.1. The highest BCUT2D eigenvalue weighted by atomic mass is 35.5. The topological polar surface area (TPSA) is 64.0 Å². The molecule has 26 heavy (non-hydrogen) atoms. The van der Waals surface area contributed by atoms with Gasteiger partial charge in [0.2, 0.25) is 11.9 Å². The van der Waals surface area contributed by atoms with Crippen LogP contribution in [0.25, 0.3) is 0 Å². The van der Waals surface area contributed by atoms with Crippen molar-refractivity contribution < 1.29 is 9.59 Å². The number of fused-ring (bicyclic) bond motifs is 2. The fourth-order valence-electron chi connectivity index (χ4n) is 4.28. The first-order valence-electron chi connectivity index (χ1n) is 9.21. The Labute approximate surface area is 157 Å². The largest absolute Gasteiger partial charge is 0.313 e. The number of ketones is 1. The van der Waals surface area contributed by atoms with E-state index in [-0.39, 0.29) is 23.7 Å². The summed E-state index contributed by atoms with van der Waals surface area (Å²) in [6.45, 7) is 0.545. The highest BCUT2D eigenvalue weighted by Crippen LogP contribution is 2.40. The van der Waals surface area contributed by atoms with Gasteiger partial charge in [-0.15, -0.1) is 0 Å². The molecule has 136 valence electrons. The molecule has 1 heterocycles. The Hall–Kier alpha value is -2.14. The minimum Gasteiger partial charge on any atom is -0.313 e. The summed E-state index contributed by atoms with van der Waals surface area (Å²) < 4.78 is 1.88. The molecule has 6 heteroatoms. The Morgan fingerprint density at radius 1 is 1.23 bits per heavy atom. The van der Waals surface area contributed by atoms with Crippen molar-refractivity contribution in [1.29, 1.82) is 0 Å². The Morgan fingerprint density at radius 2 is 1.96 bits per heavy atom. The van der Waals surface area contributed by atoms with Crippen molar-refractivity contribution in [1.82, 2.24) is 9.55 Å². The molecule has 0 aliphatic heterocycles. The number of anilines is 1. The Balaban J connectivity index is 1.45. The minimum atomic E-state index is -0.103. The first-order valence-corrected chi connectivity index (χ1v) is 9.58. The van der Waals surface area contributed by atoms with Crippen molar-refractivity contribution in [3.05, 3.63) is 47.2 Å². The molecule has 1 aromatic heterocycles. The molecule has 2 aliphatic rings. The molecule has 1 aromatic carbocycles. The standard InChI is InChI=1S/C20H22ClN3O2/c21-17-7-2-1-4-15(17)12-24-9-8-22-20(24)23-19(26)16-10-13-5-3-6-14(11-16)18(13)25/h1-2,4,7-9,13-14,16H,3,5-6,10-12H2,(H,22,23,26)/t13-,14+,16?. The smallest absolute Gasteiger partial charge is 0.229 e. The Kier molecular flexibility index (Phi) is 4.81. The number of hydrogen-bond acceptors (Lipinski definition) is 3. The van der Waals surface area contributed by atoms with Crippen LogP contribution in [0.5, 0.6) is 0 Å². The van der Waals surface area contributed by atoms with Crippen LogP contribution in [0, 0.1) is 17.8 Å². The van der Waals surface area contributed by atoms with Gasteiger partial charge < -0.3 is 4.57 Å². The van der Waals surface area contributed by atoms with Crippen molar-refractivity contribution in [3.63, 3.8) is 0 Å². The summed E-state index contributed by atoms with van der Waals surface area (Å²) in [5.41, 5.74) is 0.973. The monoisotopic (exact) mass is 371 g/mol. The first kappa shape index (κ1) is 17.3. The van der Waals surface area contributed by atoms with Gasteiger partial charge in [0.1, 0.15) is 5.78 Å². The number of benzene rings is 1. The third kappa shape index (κ3) is 3.40. The molecule has 1 N–H and O–H groups in total. The number of hydrogen-bond donors (Lipinski definition) is 1. The lowest BCUT2D eigenvalue weighted by molar-refractivity contribution is -0.136. The predicted molar refractivity (Wildman–Crippen MR) is 100.0 cm³/mol. The molecule has 2 fully saturated rings. The SMILES string of the molecule is O=C(Nc1nccn1Cc1ccccc1Cl)C1C[C@H]2CCC[C@@H](C1)C2=O. The van der Waals surface area contributed by atoms with Crippen molar-refractivity contribution in [3.8, 4) is 0 Å². The van der Waals surface area contributed by atoms with Gasteiger partial charge in [0.15, 0.2) is 0 Å². The third-order valence-corrected chi connectivity index (χ3v) is 6.04. The van der Waals surface area contributed by atoms with E-state index < -0.39 is 0 Å². The number of amides is 1. The summed E-state index contributed by atoms with van der Waals surface area (Å²) in [7, 11) is 0. The van der Waals surface area contributed by atoms with E-state index in [1.807, 2.05) is 35.0 Å². The van der Waals surface area contributed by atoms with E-state index in [2.05, 4.69) is 10.3 Å². The lowest BCUT2D eigenvalue weighted by atomic mass is 9.67. The average molecular weight is 372 g/mol. The zero-order valence-electron chi connectivity index (χ0n) is 14.5. The van der Waals surface area contributed by atoms with Crippen molar-refractivity contribution in [2.75, 3.05) is 5.32 Å². The molecule has 0 saturated heterocycles. The summed E-state index contributed by atoms with van der Waals surface area (Å²) in [5.74, 6) is 0.911. The van der Waals surface area contributed by atoms with E-state index in [1.54, 1.807) is 6.20 Å². The predicted octanol–water partition coefficient (Wildman–Crippen LogP) is 3.92. The van der Waals surface area contributed by atoms with Gasteiger partial charge in [-0.1, -0.05) is 36.2 Å². The second-order valence-corrected chi connectivity index (χ2v) is 7.76. The van der Waals surface area contributed by atoms with E-state index in [4.69, 9.17) is 11.6 Å². The summed E-state index contributed by atoms with van der Waals surface area (Å²) in [6.07, 6.45) is 7.82. The van der Waals surface area contributed by atoms with Crippen LogP contribution in [-0.4, -0.2) is 21.2 Å². The summed E-state index contributed by atoms with van der Waals surface area (Å²) >= 11 is 6.24. The molecule has 2 bridgehead atoms. The highest BCUT2D eigenvalue weighted by molar-refractivity contribution is 6.31. The van der Waals surface area contributed by atoms with Crippen LogP contribution >= 0.6 is 11.6 Å². The Bertz CT molecular complexity index is 816. The van der Waals surface area contributed by atoms with Crippen molar-refractivity contribution in [2.24, 2.45) is 17.8 Å². The number of rotatable bonds is 4. The number of carbonyl (C=O) groups excluding carboxylic acids is 2.